The Kier molecular flexibility index (Phi) is 6.28. The highest BCUT2D eigenvalue weighted by molar-refractivity contribution is 6.05. The Bertz CT molecular complexity index is 935. The summed E-state index contributed by atoms with van der Waals surface area (Å²) in [5.74, 6) is 0.235. The van der Waals surface area contributed by atoms with Crippen LogP contribution in [-0.2, 0) is 9.53 Å². The molecule has 164 valence electrons. The third-order valence-corrected chi connectivity index (χ3v) is 6.68. The lowest BCUT2D eigenvalue weighted by Gasteiger charge is -2.53. The molecule has 2 amide bonds. The summed E-state index contributed by atoms with van der Waals surface area (Å²) in [6.07, 6.45) is 4.77. The van der Waals surface area contributed by atoms with E-state index in [1.54, 1.807) is 14.2 Å². The minimum absolute atomic E-state index is 0.00282. The standard InChI is InChI=1S/C25H30N2O4/c1-30-17-16-27-24(29)21-9-5-4-8-20(21)22(25(27)14-6-3-7-15-25)23(28)26-18-10-12-19(31-2)13-11-18/h4-5,8-13,22H,3,6-7,14-17H2,1-2H3,(H,26,28)/t22-/m1/s1. The van der Waals surface area contributed by atoms with Crippen molar-refractivity contribution < 1.29 is 19.1 Å². The molecule has 6 nitrogen and oxygen atoms in total. The van der Waals surface area contributed by atoms with Gasteiger partial charge in [0.1, 0.15) is 5.75 Å². The molecule has 6 heteroatoms. The third-order valence-electron chi connectivity index (χ3n) is 6.68. The fourth-order valence-electron chi connectivity index (χ4n) is 5.24. The molecule has 2 aliphatic rings. The minimum Gasteiger partial charge on any atom is -0.497 e. The van der Waals surface area contributed by atoms with Gasteiger partial charge in [0, 0.05) is 24.9 Å². The molecule has 1 heterocycles. The highest BCUT2D eigenvalue weighted by Gasteiger charge is 2.54. The number of benzene rings is 2. The Morgan fingerprint density at radius 3 is 2.45 bits per heavy atom. The van der Waals surface area contributed by atoms with Gasteiger partial charge in [-0.2, -0.15) is 0 Å². The highest BCUT2D eigenvalue weighted by atomic mass is 16.5. The molecule has 31 heavy (non-hydrogen) atoms. The molecule has 0 saturated heterocycles. The molecule has 2 aromatic rings. The van der Waals surface area contributed by atoms with E-state index in [-0.39, 0.29) is 11.8 Å². The molecular formula is C25H30N2O4. The smallest absolute Gasteiger partial charge is 0.254 e. The summed E-state index contributed by atoms with van der Waals surface area (Å²) in [7, 11) is 3.26. The summed E-state index contributed by atoms with van der Waals surface area (Å²) >= 11 is 0. The molecule has 0 unspecified atom stereocenters. The number of nitrogens with zero attached hydrogens (tertiary/aromatic N) is 1. The van der Waals surface area contributed by atoms with Crippen LogP contribution in [0.15, 0.2) is 48.5 Å². The average molecular weight is 423 g/mol. The molecule has 1 spiro atoms. The number of methoxy groups -OCH3 is 2. The SMILES string of the molecule is COCCN1C(=O)c2ccccc2[C@H](C(=O)Nc2ccc(OC)cc2)C12CCCCC2. The van der Waals surface area contributed by atoms with Crippen molar-refractivity contribution in [3.05, 3.63) is 59.7 Å². The van der Waals surface area contributed by atoms with Gasteiger partial charge < -0.3 is 19.7 Å². The van der Waals surface area contributed by atoms with Crippen LogP contribution in [0.2, 0.25) is 0 Å². The Balaban J connectivity index is 1.76. The number of carbonyl (C=O) groups excluding carboxylic acids is 2. The van der Waals surface area contributed by atoms with Crippen LogP contribution in [0.4, 0.5) is 5.69 Å². The van der Waals surface area contributed by atoms with Gasteiger partial charge in [0.15, 0.2) is 0 Å². The molecule has 0 aromatic heterocycles. The van der Waals surface area contributed by atoms with E-state index >= 15 is 0 Å². The Morgan fingerprint density at radius 1 is 1.06 bits per heavy atom. The van der Waals surface area contributed by atoms with Gasteiger partial charge in [0.2, 0.25) is 5.91 Å². The second-order valence-corrected chi connectivity index (χ2v) is 8.35. The van der Waals surface area contributed by atoms with E-state index in [1.165, 1.54) is 0 Å². The summed E-state index contributed by atoms with van der Waals surface area (Å²) in [5.41, 5.74) is 1.63. The molecule has 1 aliphatic heterocycles. The van der Waals surface area contributed by atoms with E-state index in [4.69, 9.17) is 9.47 Å². The first-order chi connectivity index (χ1) is 15.1. The van der Waals surface area contributed by atoms with Crippen molar-refractivity contribution in [1.82, 2.24) is 4.90 Å². The van der Waals surface area contributed by atoms with Crippen molar-refractivity contribution >= 4 is 17.5 Å². The van der Waals surface area contributed by atoms with Gasteiger partial charge in [-0.15, -0.1) is 0 Å². The topological polar surface area (TPSA) is 67.9 Å². The fraction of sp³-hybridized carbons (Fsp3) is 0.440. The number of ether oxygens (including phenoxy) is 2. The van der Waals surface area contributed by atoms with Gasteiger partial charge >= 0.3 is 0 Å². The first-order valence-electron chi connectivity index (χ1n) is 11.0. The van der Waals surface area contributed by atoms with E-state index < -0.39 is 11.5 Å². The van der Waals surface area contributed by atoms with Gasteiger partial charge in [0.05, 0.1) is 25.2 Å². The number of amides is 2. The van der Waals surface area contributed by atoms with Gasteiger partial charge in [-0.25, -0.2) is 0 Å². The third kappa shape index (κ3) is 3.92. The first-order valence-corrected chi connectivity index (χ1v) is 11.0. The minimum atomic E-state index is -0.529. The molecule has 0 bridgehead atoms. The molecule has 1 fully saturated rings. The summed E-state index contributed by atoms with van der Waals surface area (Å²) < 4.78 is 10.5. The van der Waals surface area contributed by atoms with Crippen molar-refractivity contribution in [1.29, 1.82) is 0 Å². The fourth-order valence-corrected chi connectivity index (χ4v) is 5.24. The Hall–Kier alpha value is -2.86. The van der Waals surface area contributed by atoms with Gasteiger partial charge in [-0.05, 0) is 48.7 Å². The van der Waals surface area contributed by atoms with E-state index in [0.717, 1.165) is 49.1 Å². The quantitative estimate of drug-likeness (QED) is 0.757. The van der Waals surface area contributed by atoms with E-state index in [2.05, 4.69) is 5.32 Å². The van der Waals surface area contributed by atoms with Gasteiger partial charge in [0.25, 0.3) is 5.91 Å². The maximum Gasteiger partial charge on any atom is 0.254 e. The Morgan fingerprint density at radius 2 is 1.77 bits per heavy atom. The first kappa shape index (κ1) is 21.4. The zero-order valence-electron chi connectivity index (χ0n) is 18.2. The second kappa shape index (κ2) is 9.10. The molecule has 1 N–H and O–H groups in total. The zero-order valence-corrected chi connectivity index (χ0v) is 18.2. The predicted molar refractivity (Wildman–Crippen MR) is 120 cm³/mol. The van der Waals surface area contributed by atoms with Crippen LogP contribution < -0.4 is 10.1 Å². The lowest BCUT2D eigenvalue weighted by Crippen LogP contribution is -2.62. The van der Waals surface area contributed by atoms with Crippen LogP contribution in [0.3, 0.4) is 0 Å². The van der Waals surface area contributed by atoms with E-state index in [0.29, 0.717) is 18.7 Å². The van der Waals surface area contributed by atoms with Crippen molar-refractivity contribution in [3.63, 3.8) is 0 Å². The molecular weight excluding hydrogens is 392 g/mol. The maximum absolute atomic E-state index is 13.8. The van der Waals surface area contributed by atoms with Crippen LogP contribution in [0, 0.1) is 0 Å². The normalized spacial score (nSPS) is 19.7. The summed E-state index contributed by atoms with van der Waals surface area (Å²) in [6.45, 7) is 0.929. The zero-order chi connectivity index (χ0) is 21.8. The summed E-state index contributed by atoms with van der Waals surface area (Å²) in [5, 5.41) is 3.10. The van der Waals surface area contributed by atoms with Crippen LogP contribution in [0.5, 0.6) is 5.75 Å². The summed E-state index contributed by atoms with van der Waals surface area (Å²) in [4.78, 5) is 29.2. The number of carbonyl (C=O) groups is 2. The largest absolute Gasteiger partial charge is 0.497 e. The van der Waals surface area contributed by atoms with Crippen molar-refractivity contribution in [3.8, 4) is 5.75 Å². The Labute approximate surface area is 183 Å². The lowest BCUT2D eigenvalue weighted by molar-refractivity contribution is -0.122. The molecule has 1 saturated carbocycles. The van der Waals surface area contributed by atoms with E-state index in [9.17, 15) is 9.59 Å². The molecule has 2 aromatic carbocycles. The monoisotopic (exact) mass is 422 g/mol. The molecule has 1 atom stereocenters. The van der Waals surface area contributed by atoms with Crippen LogP contribution >= 0.6 is 0 Å². The highest BCUT2D eigenvalue weighted by Crippen LogP contribution is 2.49. The molecule has 0 radical (unpaired) electrons. The van der Waals surface area contributed by atoms with Crippen molar-refractivity contribution in [2.45, 2.75) is 43.6 Å². The number of hydrogen-bond acceptors (Lipinski definition) is 4. The number of fused-ring (bicyclic) bond motifs is 1. The van der Waals surface area contributed by atoms with Crippen LogP contribution in [0.25, 0.3) is 0 Å². The van der Waals surface area contributed by atoms with Gasteiger partial charge in [-0.3, -0.25) is 9.59 Å². The average Bonchev–Trinajstić information content (AvgIpc) is 2.80. The van der Waals surface area contributed by atoms with Gasteiger partial charge in [-0.1, -0.05) is 37.5 Å². The van der Waals surface area contributed by atoms with Crippen molar-refractivity contribution in [2.75, 3.05) is 32.7 Å². The summed E-state index contributed by atoms with van der Waals surface area (Å²) in [6, 6.07) is 14.9. The molecule has 4 rings (SSSR count). The lowest BCUT2D eigenvalue weighted by atomic mass is 9.65. The number of anilines is 1. The molecule has 1 aliphatic carbocycles. The predicted octanol–water partition coefficient (Wildman–Crippen LogP) is 4.22. The maximum atomic E-state index is 13.8. The van der Waals surface area contributed by atoms with Crippen LogP contribution in [0.1, 0.15) is 53.9 Å². The second-order valence-electron chi connectivity index (χ2n) is 8.35. The number of nitrogens with one attached hydrogen (secondary N) is 1. The van der Waals surface area contributed by atoms with E-state index in [1.807, 2.05) is 53.4 Å². The van der Waals surface area contributed by atoms with Crippen LogP contribution in [-0.4, -0.2) is 49.6 Å². The number of hydrogen-bond donors (Lipinski definition) is 1. The number of rotatable bonds is 6. The van der Waals surface area contributed by atoms with Crippen molar-refractivity contribution in [2.24, 2.45) is 0 Å².